The Balaban J connectivity index is 1.97. The average molecular weight is 267 g/mol. The maximum atomic E-state index is 4.60. The van der Waals surface area contributed by atoms with Gasteiger partial charge in [0.2, 0.25) is 0 Å². The first kappa shape index (κ1) is 12.5. The standard InChI is InChI=1S/C15H17N5/c1-2-8-16-13-11-20-10-9-17-15(20)14(19-13)18-12-6-4-3-5-7-12/h3-7,9-11,16H,2,8H2,1H3,(H,18,19). The summed E-state index contributed by atoms with van der Waals surface area (Å²) in [7, 11) is 0. The highest BCUT2D eigenvalue weighted by atomic mass is 15.1. The number of hydrogen-bond donors (Lipinski definition) is 2. The van der Waals surface area contributed by atoms with Crippen molar-refractivity contribution in [3.05, 3.63) is 48.9 Å². The SMILES string of the molecule is CCCNc1cn2ccnc2c(Nc2ccccc2)n1. The minimum atomic E-state index is 0.752. The lowest BCUT2D eigenvalue weighted by Gasteiger charge is -2.10. The van der Waals surface area contributed by atoms with E-state index in [1.54, 1.807) is 6.20 Å². The van der Waals surface area contributed by atoms with Crippen molar-refractivity contribution in [1.82, 2.24) is 14.4 Å². The Hall–Kier alpha value is -2.56. The van der Waals surface area contributed by atoms with E-state index in [0.717, 1.165) is 35.9 Å². The summed E-state index contributed by atoms with van der Waals surface area (Å²) < 4.78 is 1.97. The lowest BCUT2D eigenvalue weighted by atomic mass is 10.3. The van der Waals surface area contributed by atoms with Crippen molar-refractivity contribution in [3.63, 3.8) is 0 Å². The highest BCUT2D eigenvalue weighted by molar-refractivity contribution is 5.71. The zero-order chi connectivity index (χ0) is 13.8. The quantitative estimate of drug-likeness (QED) is 0.744. The predicted molar refractivity (Wildman–Crippen MR) is 81.5 cm³/mol. The molecular formula is C15H17N5. The highest BCUT2D eigenvalue weighted by Gasteiger charge is 2.07. The Morgan fingerprint density at radius 1 is 1.20 bits per heavy atom. The average Bonchev–Trinajstić information content (AvgIpc) is 2.95. The van der Waals surface area contributed by atoms with Gasteiger partial charge in [0.1, 0.15) is 5.82 Å². The molecule has 20 heavy (non-hydrogen) atoms. The Morgan fingerprint density at radius 2 is 2.05 bits per heavy atom. The molecular weight excluding hydrogens is 250 g/mol. The number of para-hydroxylation sites is 1. The summed E-state index contributed by atoms with van der Waals surface area (Å²) in [6.45, 7) is 3.03. The smallest absolute Gasteiger partial charge is 0.180 e. The highest BCUT2D eigenvalue weighted by Crippen LogP contribution is 2.20. The number of nitrogens with zero attached hydrogens (tertiary/aromatic N) is 3. The molecule has 2 aromatic heterocycles. The fraction of sp³-hybridized carbons (Fsp3) is 0.200. The minimum absolute atomic E-state index is 0.752. The number of imidazole rings is 1. The molecule has 2 N–H and O–H groups in total. The summed E-state index contributed by atoms with van der Waals surface area (Å²) in [5, 5.41) is 6.62. The summed E-state index contributed by atoms with van der Waals surface area (Å²) in [5.41, 5.74) is 1.81. The Morgan fingerprint density at radius 3 is 2.85 bits per heavy atom. The van der Waals surface area contributed by atoms with Crippen LogP contribution in [0, 0.1) is 0 Å². The molecule has 0 radical (unpaired) electrons. The number of aromatic nitrogens is 3. The second-order valence-electron chi connectivity index (χ2n) is 4.55. The summed E-state index contributed by atoms with van der Waals surface area (Å²) in [5.74, 6) is 1.60. The van der Waals surface area contributed by atoms with E-state index in [9.17, 15) is 0 Å². The van der Waals surface area contributed by atoms with Gasteiger partial charge in [-0.05, 0) is 18.6 Å². The Labute approximate surface area is 117 Å². The molecule has 0 atom stereocenters. The monoisotopic (exact) mass is 267 g/mol. The number of fused-ring (bicyclic) bond motifs is 1. The van der Waals surface area contributed by atoms with Gasteiger partial charge in [-0.25, -0.2) is 9.97 Å². The third-order valence-electron chi connectivity index (χ3n) is 2.97. The van der Waals surface area contributed by atoms with Crippen LogP contribution >= 0.6 is 0 Å². The van der Waals surface area contributed by atoms with E-state index in [1.165, 1.54) is 0 Å². The van der Waals surface area contributed by atoms with Crippen LogP contribution in [-0.2, 0) is 0 Å². The summed E-state index contributed by atoms with van der Waals surface area (Å²) in [6, 6.07) is 9.98. The molecule has 3 aromatic rings. The number of benzene rings is 1. The second kappa shape index (κ2) is 5.61. The van der Waals surface area contributed by atoms with Crippen LogP contribution in [0.2, 0.25) is 0 Å². The number of nitrogens with one attached hydrogen (secondary N) is 2. The van der Waals surface area contributed by atoms with Crippen molar-refractivity contribution >= 4 is 23.0 Å². The summed E-state index contributed by atoms with van der Waals surface area (Å²) in [4.78, 5) is 8.95. The normalized spacial score (nSPS) is 10.7. The third kappa shape index (κ3) is 2.56. The van der Waals surface area contributed by atoms with Crippen LogP contribution in [0.3, 0.4) is 0 Å². The van der Waals surface area contributed by atoms with Crippen LogP contribution in [-0.4, -0.2) is 20.9 Å². The maximum Gasteiger partial charge on any atom is 0.180 e. The van der Waals surface area contributed by atoms with E-state index in [4.69, 9.17) is 0 Å². The van der Waals surface area contributed by atoms with Crippen LogP contribution in [0.15, 0.2) is 48.9 Å². The molecule has 5 heteroatoms. The Kier molecular flexibility index (Phi) is 3.50. The fourth-order valence-corrected chi connectivity index (χ4v) is 2.01. The molecule has 3 rings (SSSR count). The van der Waals surface area contributed by atoms with Crippen molar-refractivity contribution in [2.24, 2.45) is 0 Å². The van der Waals surface area contributed by atoms with Crippen molar-refractivity contribution < 1.29 is 0 Å². The molecule has 0 aliphatic rings. The van der Waals surface area contributed by atoms with Gasteiger partial charge in [0.25, 0.3) is 0 Å². The van der Waals surface area contributed by atoms with Crippen molar-refractivity contribution in [2.45, 2.75) is 13.3 Å². The molecule has 5 nitrogen and oxygen atoms in total. The van der Waals surface area contributed by atoms with Gasteiger partial charge in [-0.3, -0.25) is 0 Å². The van der Waals surface area contributed by atoms with Crippen LogP contribution < -0.4 is 10.6 Å². The van der Waals surface area contributed by atoms with Gasteiger partial charge in [0.05, 0.1) is 6.20 Å². The zero-order valence-electron chi connectivity index (χ0n) is 11.4. The van der Waals surface area contributed by atoms with Crippen molar-refractivity contribution in [2.75, 3.05) is 17.2 Å². The van der Waals surface area contributed by atoms with Crippen molar-refractivity contribution in [3.8, 4) is 0 Å². The van der Waals surface area contributed by atoms with E-state index in [1.807, 2.05) is 47.1 Å². The first-order chi connectivity index (χ1) is 9.86. The molecule has 0 fully saturated rings. The zero-order valence-corrected chi connectivity index (χ0v) is 11.4. The molecule has 0 saturated heterocycles. The molecule has 0 aliphatic carbocycles. The van der Waals surface area contributed by atoms with E-state index < -0.39 is 0 Å². The number of anilines is 3. The van der Waals surface area contributed by atoms with Gasteiger partial charge in [-0.15, -0.1) is 0 Å². The number of rotatable bonds is 5. The molecule has 102 valence electrons. The number of hydrogen-bond acceptors (Lipinski definition) is 4. The van der Waals surface area contributed by atoms with Crippen LogP contribution in [0.1, 0.15) is 13.3 Å². The van der Waals surface area contributed by atoms with Gasteiger partial charge >= 0.3 is 0 Å². The second-order valence-corrected chi connectivity index (χ2v) is 4.55. The Bertz CT molecular complexity index is 690. The molecule has 0 saturated carbocycles. The van der Waals surface area contributed by atoms with Gasteiger partial charge < -0.3 is 15.0 Å². The van der Waals surface area contributed by atoms with E-state index >= 15 is 0 Å². The largest absolute Gasteiger partial charge is 0.369 e. The summed E-state index contributed by atoms with van der Waals surface area (Å²) in [6.07, 6.45) is 6.71. The molecule has 0 aliphatic heterocycles. The molecule has 0 spiro atoms. The van der Waals surface area contributed by atoms with E-state index in [-0.39, 0.29) is 0 Å². The molecule has 2 heterocycles. The van der Waals surface area contributed by atoms with Gasteiger partial charge in [0.15, 0.2) is 11.5 Å². The topological polar surface area (TPSA) is 54.2 Å². The fourth-order valence-electron chi connectivity index (χ4n) is 2.01. The first-order valence-electron chi connectivity index (χ1n) is 6.76. The van der Waals surface area contributed by atoms with Gasteiger partial charge in [-0.1, -0.05) is 25.1 Å². The maximum absolute atomic E-state index is 4.60. The van der Waals surface area contributed by atoms with E-state index in [2.05, 4.69) is 27.5 Å². The molecule has 1 aromatic carbocycles. The molecule has 0 unspecified atom stereocenters. The molecule has 0 bridgehead atoms. The van der Waals surface area contributed by atoms with Crippen molar-refractivity contribution in [1.29, 1.82) is 0 Å². The summed E-state index contributed by atoms with van der Waals surface area (Å²) >= 11 is 0. The lowest BCUT2D eigenvalue weighted by Crippen LogP contribution is -2.06. The predicted octanol–water partition coefficient (Wildman–Crippen LogP) is 3.29. The van der Waals surface area contributed by atoms with Crippen LogP contribution in [0.4, 0.5) is 17.3 Å². The van der Waals surface area contributed by atoms with Gasteiger partial charge in [0, 0.05) is 24.6 Å². The van der Waals surface area contributed by atoms with Crippen LogP contribution in [0.25, 0.3) is 5.65 Å². The third-order valence-corrected chi connectivity index (χ3v) is 2.97. The van der Waals surface area contributed by atoms with Crippen LogP contribution in [0.5, 0.6) is 0 Å². The lowest BCUT2D eigenvalue weighted by molar-refractivity contribution is 0.962. The van der Waals surface area contributed by atoms with E-state index in [0.29, 0.717) is 0 Å². The minimum Gasteiger partial charge on any atom is -0.369 e. The molecule has 0 amide bonds. The first-order valence-corrected chi connectivity index (χ1v) is 6.76. The van der Waals surface area contributed by atoms with Gasteiger partial charge in [-0.2, -0.15) is 0 Å².